The summed E-state index contributed by atoms with van der Waals surface area (Å²) in [6, 6.07) is 14.4. The van der Waals surface area contributed by atoms with Crippen molar-refractivity contribution in [1.29, 1.82) is 0 Å². The summed E-state index contributed by atoms with van der Waals surface area (Å²) in [5, 5.41) is 10.5. The number of primary amides is 1. The Morgan fingerprint density at radius 3 is 2.43 bits per heavy atom. The molecule has 2 aromatic carbocycles. The average molecular weight is 298 g/mol. The van der Waals surface area contributed by atoms with Gasteiger partial charge in [-0.05, 0) is 42.0 Å². The molecule has 1 aliphatic rings. The Hall–Kier alpha value is -2.27. The lowest BCUT2D eigenvalue weighted by Crippen LogP contribution is -2.10. The molecule has 3 rings (SSSR count). The third-order valence-corrected chi connectivity index (χ3v) is 4.63. The van der Waals surface area contributed by atoms with Gasteiger partial charge in [0, 0.05) is 11.1 Å². The van der Waals surface area contributed by atoms with Gasteiger partial charge in [0.15, 0.2) is 0 Å². The minimum atomic E-state index is -0.415. The molecule has 0 aromatic heterocycles. The number of phenolic OH excluding ortho intramolecular Hbond substituents is 1. The third kappa shape index (κ3) is 2.92. The zero-order chi connectivity index (χ0) is 14.8. The standard InChI is InChI=1S/C16H14N2O2S/c17-15(20)11-3-1-10(2-4-11)14-9-18-16(21-14)12-5-7-13(19)8-6-12/h1-8,14,19H,9H2,(H2,17,20). The van der Waals surface area contributed by atoms with Gasteiger partial charge in [-0.25, -0.2) is 0 Å². The van der Waals surface area contributed by atoms with Crippen LogP contribution in [0, 0.1) is 0 Å². The molecule has 5 heteroatoms. The van der Waals surface area contributed by atoms with Crippen molar-refractivity contribution in [1.82, 2.24) is 0 Å². The summed E-state index contributed by atoms with van der Waals surface area (Å²) in [7, 11) is 0. The van der Waals surface area contributed by atoms with Crippen molar-refractivity contribution in [3.05, 3.63) is 65.2 Å². The fourth-order valence-electron chi connectivity index (χ4n) is 2.17. The maximum Gasteiger partial charge on any atom is 0.248 e. The van der Waals surface area contributed by atoms with Gasteiger partial charge in [0.05, 0.1) is 16.8 Å². The molecule has 1 aliphatic heterocycles. The van der Waals surface area contributed by atoms with E-state index in [0.29, 0.717) is 12.1 Å². The van der Waals surface area contributed by atoms with E-state index in [4.69, 9.17) is 5.73 Å². The lowest BCUT2D eigenvalue weighted by atomic mass is 10.1. The van der Waals surface area contributed by atoms with Gasteiger partial charge in [0.25, 0.3) is 0 Å². The van der Waals surface area contributed by atoms with Gasteiger partial charge in [-0.3, -0.25) is 9.79 Å². The molecule has 3 N–H and O–H groups in total. The molecule has 1 atom stereocenters. The van der Waals surface area contributed by atoms with E-state index in [-0.39, 0.29) is 11.0 Å². The van der Waals surface area contributed by atoms with Crippen LogP contribution in [0.25, 0.3) is 0 Å². The highest BCUT2D eigenvalue weighted by molar-refractivity contribution is 8.14. The van der Waals surface area contributed by atoms with Crippen LogP contribution < -0.4 is 5.73 Å². The lowest BCUT2D eigenvalue weighted by Gasteiger charge is -2.09. The number of hydrogen-bond donors (Lipinski definition) is 2. The number of nitrogens with two attached hydrogens (primary N) is 1. The van der Waals surface area contributed by atoms with Gasteiger partial charge in [0.1, 0.15) is 5.75 Å². The highest BCUT2D eigenvalue weighted by Gasteiger charge is 2.22. The van der Waals surface area contributed by atoms with Gasteiger partial charge < -0.3 is 10.8 Å². The number of aliphatic imine (C=N–C) groups is 1. The average Bonchev–Trinajstić information content (AvgIpc) is 2.98. The first-order valence-corrected chi connectivity index (χ1v) is 7.42. The lowest BCUT2D eigenvalue weighted by molar-refractivity contribution is 0.100. The number of phenols is 1. The molecule has 2 aromatic rings. The number of carbonyl (C=O) groups excluding carboxylic acids is 1. The second-order valence-electron chi connectivity index (χ2n) is 4.79. The molecule has 0 radical (unpaired) electrons. The Kier molecular flexibility index (Phi) is 3.66. The van der Waals surface area contributed by atoms with Crippen LogP contribution >= 0.6 is 11.8 Å². The zero-order valence-corrected chi connectivity index (χ0v) is 12.0. The minimum Gasteiger partial charge on any atom is -0.508 e. The smallest absolute Gasteiger partial charge is 0.248 e. The van der Waals surface area contributed by atoms with Crippen molar-refractivity contribution < 1.29 is 9.90 Å². The quantitative estimate of drug-likeness (QED) is 0.914. The van der Waals surface area contributed by atoms with Crippen LogP contribution in [-0.4, -0.2) is 22.6 Å². The molecule has 4 nitrogen and oxygen atoms in total. The van der Waals surface area contributed by atoms with Gasteiger partial charge in [-0.1, -0.05) is 23.9 Å². The molecule has 106 valence electrons. The van der Waals surface area contributed by atoms with Crippen molar-refractivity contribution in [2.45, 2.75) is 5.25 Å². The van der Waals surface area contributed by atoms with Crippen molar-refractivity contribution in [3.63, 3.8) is 0 Å². The minimum absolute atomic E-state index is 0.246. The first-order chi connectivity index (χ1) is 10.1. The molecular weight excluding hydrogens is 284 g/mol. The summed E-state index contributed by atoms with van der Waals surface area (Å²) in [6.45, 7) is 0.705. The highest BCUT2D eigenvalue weighted by atomic mass is 32.2. The third-order valence-electron chi connectivity index (χ3n) is 3.34. The van der Waals surface area contributed by atoms with Crippen molar-refractivity contribution in [2.24, 2.45) is 10.7 Å². The molecular formula is C16H14N2O2S. The Balaban J connectivity index is 1.73. The molecule has 0 aliphatic carbocycles. The number of rotatable bonds is 3. The molecule has 1 unspecified atom stereocenters. The number of amides is 1. The number of benzene rings is 2. The summed E-state index contributed by atoms with van der Waals surface area (Å²) in [4.78, 5) is 15.6. The van der Waals surface area contributed by atoms with Crippen LogP contribution in [0.3, 0.4) is 0 Å². The Labute approximate surface area is 126 Å². The summed E-state index contributed by atoms with van der Waals surface area (Å²) in [6.07, 6.45) is 0. The second-order valence-corrected chi connectivity index (χ2v) is 5.98. The summed E-state index contributed by atoms with van der Waals surface area (Å²) < 4.78 is 0. The second kappa shape index (κ2) is 5.61. The van der Waals surface area contributed by atoms with E-state index in [2.05, 4.69) is 4.99 Å². The van der Waals surface area contributed by atoms with Gasteiger partial charge >= 0.3 is 0 Å². The number of nitrogens with zero attached hydrogens (tertiary/aromatic N) is 1. The van der Waals surface area contributed by atoms with Gasteiger partial charge in [-0.2, -0.15) is 0 Å². The number of hydrogen-bond acceptors (Lipinski definition) is 4. The van der Waals surface area contributed by atoms with Crippen molar-refractivity contribution in [3.8, 4) is 5.75 Å². The molecule has 0 saturated carbocycles. The van der Waals surface area contributed by atoms with E-state index in [1.165, 1.54) is 0 Å². The molecule has 21 heavy (non-hydrogen) atoms. The van der Waals surface area contributed by atoms with Gasteiger partial charge in [0.2, 0.25) is 5.91 Å². The molecule has 1 heterocycles. The molecule has 1 amide bonds. The SMILES string of the molecule is NC(=O)c1ccc(C2CN=C(c3ccc(O)cc3)S2)cc1. The van der Waals surface area contributed by atoms with E-state index in [9.17, 15) is 9.90 Å². The van der Waals surface area contributed by atoms with E-state index >= 15 is 0 Å². The van der Waals surface area contributed by atoms with Gasteiger partial charge in [-0.15, -0.1) is 0 Å². The van der Waals surface area contributed by atoms with Crippen LogP contribution in [0.15, 0.2) is 53.5 Å². The molecule has 0 bridgehead atoms. The zero-order valence-electron chi connectivity index (χ0n) is 11.2. The van der Waals surface area contributed by atoms with Crippen molar-refractivity contribution >= 4 is 22.7 Å². The van der Waals surface area contributed by atoms with E-state index < -0.39 is 5.91 Å². The Morgan fingerprint density at radius 2 is 1.81 bits per heavy atom. The number of aromatic hydroxyl groups is 1. The number of thioether (sulfide) groups is 1. The van der Waals surface area contributed by atoms with Crippen molar-refractivity contribution in [2.75, 3.05) is 6.54 Å². The van der Waals surface area contributed by atoms with E-state index in [1.807, 2.05) is 24.3 Å². The maximum atomic E-state index is 11.1. The molecule has 0 spiro atoms. The van der Waals surface area contributed by atoms with E-state index in [0.717, 1.165) is 16.2 Å². The Bertz CT molecular complexity index is 693. The Morgan fingerprint density at radius 1 is 1.14 bits per heavy atom. The van der Waals surface area contributed by atoms with Crippen LogP contribution in [0.5, 0.6) is 5.75 Å². The summed E-state index contributed by atoms with van der Waals surface area (Å²) in [5.41, 5.74) is 7.89. The first kappa shape index (κ1) is 13.7. The predicted molar refractivity (Wildman–Crippen MR) is 84.8 cm³/mol. The highest BCUT2D eigenvalue weighted by Crippen LogP contribution is 2.37. The van der Waals surface area contributed by atoms with Crippen LogP contribution in [0.4, 0.5) is 0 Å². The van der Waals surface area contributed by atoms with Crippen LogP contribution in [0.1, 0.15) is 26.7 Å². The van der Waals surface area contributed by atoms with E-state index in [1.54, 1.807) is 36.0 Å². The van der Waals surface area contributed by atoms with Crippen LogP contribution in [0.2, 0.25) is 0 Å². The number of carbonyl (C=O) groups is 1. The van der Waals surface area contributed by atoms with Crippen LogP contribution in [-0.2, 0) is 0 Å². The summed E-state index contributed by atoms with van der Waals surface area (Å²) in [5.74, 6) is -0.164. The maximum absolute atomic E-state index is 11.1. The fourth-order valence-corrected chi connectivity index (χ4v) is 3.31. The molecule has 0 saturated heterocycles. The first-order valence-electron chi connectivity index (χ1n) is 6.54. The monoisotopic (exact) mass is 298 g/mol. The predicted octanol–water partition coefficient (Wildman–Crippen LogP) is 2.73. The molecule has 0 fully saturated rings. The largest absolute Gasteiger partial charge is 0.508 e. The fraction of sp³-hybridized carbons (Fsp3) is 0.125. The summed E-state index contributed by atoms with van der Waals surface area (Å²) >= 11 is 1.69. The topological polar surface area (TPSA) is 75.7 Å². The normalized spacial score (nSPS) is 17.5.